The summed E-state index contributed by atoms with van der Waals surface area (Å²) in [5.41, 5.74) is 1.69. The van der Waals surface area contributed by atoms with Crippen LogP contribution in [0.1, 0.15) is 29.3 Å². The Labute approximate surface area is 162 Å². The number of fused-ring (bicyclic) bond motifs is 1. The molecule has 2 aromatic rings. The van der Waals surface area contributed by atoms with Crippen molar-refractivity contribution in [3.8, 4) is 0 Å². The highest BCUT2D eigenvalue weighted by Gasteiger charge is 2.36. The molecule has 7 nitrogen and oxygen atoms in total. The van der Waals surface area contributed by atoms with Crippen molar-refractivity contribution in [2.45, 2.75) is 36.9 Å². The van der Waals surface area contributed by atoms with Crippen molar-refractivity contribution in [1.29, 1.82) is 0 Å². The molecule has 0 N–H and O–H groups in total. The Morgan fingerprint density at radius 1 is 1.18 bits per heavy atom. The van der Waals surface area contributed by atoms with E-state index in [9.17, 15) is 18.0 Å². The number of cyclic esters (lactones) is 1. The Morgan fingerprint density at radius 3 is 2.71 bits per heavy atom. The van der Waals surface area contributed by atoms with Crippen LogP contribution in [-0.2, 0) is 30.7 Å². The minimum atomic E-state index is -3.82. The second-order valence-electron chi connectivity index (χ2n) is 6.86. The van der Waals surface area contributed by atoms with Gasteiger partial charge in [0.2, 0.25) is 6.10 Å². The first-order valence-electron chi connectivity index (χ1n) is 8.98. The van der Waals surface area contributed by atoms with E-state index in [1.807, 2.05) is 12.1 Å². The van der Waals surface area contributed by atoms with Crippen LogP contribution in [0, 0.1) is 0 Å². The molecule has 0 amide bonds. The first-order valence-corrected chi connectivity index (χ1v) is 10.4. The van der Waals surface area contributed by atoms with E-state index in [1.165, 1.54) is 28.6 Å². The molecule has 4 rings (SSSR count). The lowest BCUT2D eigenvalue weighted by Gasteiger charge is -2.20. The third-order valence-electron chi connectivity index (χ3n) is 4.88. The Balaban J connectivity index is 1.58. The van der Waals surface area contributed by atoms with Crippen molar-refractivity contribution >= 4 is 27.6 Å². The Bertz CT molecular complexity index is 1050. The normalized spacial score (nSPS) is 21.3. The molecule has 1 saturated heterocycles. The van der Waals surface area contributed by atoms with Crippen molar-refractivity contribution in [3.05, 3.63) is 59.7 Å². The number of ether oxygens (including phenoxy) is 2. The smallest absolute Gasteiger partial charge is 0.347 e. The van der Waals surface area contributed by atoms with Crippen LogP contribution in [0.2, 0.25) is 0 Å². The van der Waals surface area contributed by atoms with Crippen LogP contribution >= 0.6 is 0 Å². The van der Waals surface area contributed by atoms with Gasteiger partial charge in [0.1, 0.15) is 6.10 Å². The van der Waals surface area contributed by atoms with Gasteiger partial charge >= 0.3 is 11.9 Å². The number of hydrogen-bond donors (Lipinski definition) is 0. The van der Waals surface area contributed by atoms with Gasteiger partial charge in [0.25, 0.3) is 10.0 Å². The molecule has 2 aliphatic heterocycles. The van der Waals surface area contributed by atoms with E-state index in [0.29, 0.717) is 18.7 Å². The van der Waals surface area contributed by atoms with Crippen LogP contribution in [0.15, 0.2) is 53.4 Å². The summed E-state index contributed by atoms with van der Waals surface area (Å²) in [6, 6.07) is 13.0. The maximum atomic E-state index is 13.1. The lowest BCUT2D eigenvalue weighted by Crippen LogP contribution is -2.29. The van der Waals surface area contributed by atoms with Crippen molar-refractivity contribution in [3.63, 3.8) is 0 Å². The monoisotopic (exact) mass is 401 g/mol. The zero-order valence-electron chi connectivity index (χ0n) is 15.2. The summed E-state index contributed by atoms with van der Waals surface area (Å²) in [5, 5.41) is 0. The maximum absolute atomic E-state index is 13.1. The number of sulfonamides is 1. The minimum absolute atomic E-state index is 0.000944. The van der Waals surface area contributed by atoms with Crippen molar-refractivity contribution in [2.75, 3.05) is 10.8 Å². The predicted molar refractivity (Wildman–Crippen MR) is 100 cm³/mol. The number of nitrogens with zero attached hydrogens (tertiary/aromatic N) is 1. The zero-order chi connectivity index (χ0) is 19.9. The number of rotatable bonds is 4. The lowest BCUT2D eigenvalue weighted by molar-refractivity contribution is -0.147. The van der Waals surface area contributed by atoms with Crippen LogP contribution in [0.4, 0.5) is 5.69 Å². The molecule has 28 heavy (non-hydrogen) atoms. The van der Waals surface area contributed by atoms with Crippen molar-refractivity contribution in [1.82, 2.24) is 0 Å². The van der Waals surface area contributed by atoms with E-state index in [2.05, 4.69) is 0 Å². The molecule has 2 aromatic carbocycles. The van der Waals surface area contributed by atoms with Gasteiger partial charge in [0.15, 0.2) is 0 Å². The number of para-hydroxylation sites is 1. The maximum Gasteiger partial charge on any atom is 0.347 e. The second kappa shape index (κ2) is 6.94. The Morgan fingerprint density at radius 2 is 1.96 bits per heavy atom. The van der Waals surface area contributed by atoms with Gasteiger partial charge in [-0.2, -0.15) is 0 Å². The average molecular weight is 401 g/mol. The van der Waals surface area contributed by atoms with Gasteiger partial charge < -0.3 is 9.47 Å². The molecule has 0 bridgehead atoms. The zero-order valence-corrected chi connectivity index (χ0v) is 16.0. The summed E-state index contributed by atoms with van der Waals surface area (Å²) in [5.74, 6) is -1.34. The fourth-order valence-electron chi connectivity index (χ4n) is 3.48. The van der Waals surface area contributed by atoms with E-state index in [4.69, 9.17) is 9.47 Å². The van der Waals surface area contributed by atoms with E-state index in [1.54, 1.807) is 19.1 Å². The van der Waals surface area contributed by atoms with Gasteiger partial charge in [-0.3, -0.25) is 4.31 Å². The highest BCUT2D eigenvalue weighted by molar-refractivity contribution is 7.92. The van der Waals surface area contributed by atoms with Crippen LogP contribution in [-0.4, -0.2) is 39.1 Å². The quantitative estimate of drug-likeness (QED) is 0.731. The number of esters is 2. The number of anilines is 1. The van der Waals surface area contributed by atoms with E-state index in [-0.39, 0.29) is 23.0 Å². The van der Waals surface area contributed by atoms with Crippen LogP contribution in [0.3, 0.4) is 0 Å². The highest BCUT2D eigenvalue weighted by atomic mass is 32.2. The summed E-state index contributed by atoms with van der Waals surface area (Å²) >= 11 is 0. The largest absolute Gasteiger partial charge is 0.460 e. The van der Waals surface area contributed by atoms with Crippen molar-refractivity contribution in [2.24, 2.45) is 0 Å². The molecule has 2 aliphatic rings. The molecule has 1 fully saturated rings. The number of benzene rings is 2. The average Bonchev–Trinajstić information content (AvgIpc) is 3.25. The molecular weight excluding hydrogens is 382 g/mol. The van der Waals surface area contributed by atoms with Crippen LogP contribution in [0.25, 0.3) is 0 Å². The Kier molecular flexibility index (Phi) is 4.58. The topological polar surface area (TPSA) is 90.0 Å². The standard InChI is InChI=1S/C20H19NO6S/c1-13-11-18(20(23)26-13)27-19(22)15-6-4-7-16(12-15)28(24,25)21-10-9-14-5-2-3-8-17(14)21/h2-8,12-13,18H,9-11H2,1H3/t13-,18-/m0/s1. The van der Waals surface area contributed by atoms with Crippen LogP contribution in [0.5, 0.6) is 0 Å². The lowest BCUT2D eigenvalue weighted by atomic mass is 10.2. The Hall–Kier alpha value is -2.87. The van der Waals surface area contributed by atoms with Gasteiger partial charge in [-0.05, 0) is 43.2 Å². The second-order valence-corrected chi connectivity index (χ2v) is 8.72. The predicted octanol–water partition coefficient (Wildman–Crippen LogP) is 2.30. The third-order valence-corrected chi connectivity index (χ3v) is 6.69. The van der Waals surface area contributed by atoms with Crippen LogP contribution < -0.4 is 4.31 Å². The van der Waals surface area contributed by atoms with Gasteiger partial charge in [-0.1, -0.05) is 24.3 Å². The van der Waals surface area contributed by atoms with Gasteiger partial charge in [-0.25, -0.2) is 18.0 Å². The fraction of sp³-hybridized carbons (Fsp3) is 0.300. The molecular formula is C20H19NO6S. The summed E-state index contributed by atoms with van der Waals surface area (Å²) in [4.78, 5) is 24.1. The molecule has 8 heteroatoms. The first kappa shape index (κ1) is 18.5. The van der Waals surface area contributed by atoms with Crippen molar-refractivity contribution < 1.29 is 27.5 Å². The summed E-state index contributed by atoms with van der Waals surface area (Å²) in [6.45, 7) is 2.06. The molecule has 0 aliphatic carbocycles. The van der Waals surface area contributed by atoms with Gasteiger partial charge in [-0.15, -0.1) is 0 Å². The molecule has 2 heterocycles. The van der Waals surface area contributed by atoms with E-state index in [0.717, 1.165) is 5.56 Å². The fourth-order valence-corrected chi connectivity index (χ4v) is 5.03. The molecule has 0 spiro atoms. The summed E-state index contributed by atoms with van der Waals surface area (Å²) in [7, 11) is -3.82. The SMILES string of the molecule is C[C@H]1C[C@H](OC(=O)c2cccc(S(=O)(=O)N3CCc4ccccc43)c2)C(=O)O1. The minimum Gasteiger partial charge on any atom is -0.460 e. The van der Waals surface area contributed by atoms with E-state index >= 15 is 0 Å². The molecule has 0 aromatic heterocycles. The first-order chi connectivity index (χ1) is 13.4. The van der Waals surface area contributed by atoms with E-state index < -0.39 is 28.1 Å². The number of carbonyl (C=O) groups is 2. The number of hydrogen-bond acceptors (Lipinski definition) is 6. The van der Waals surface area contributed by atoms with Gasteiger partial charge in [0, 0.05) is 13.0 Å². The highest BCUT2D eigenvalue weighted by Crippen LogP contribution is 2.33. The molecule has 0 saturated carbocycles. The number of carbonyl (C=O) groups excluding carboxylic acids is 2. The summed E-state index contributed by atoms with van der Waals surface area (Å²) in [6.07, 6.45) is -0.354. The molecule has 0 unspecified atom stereocenters. The molecule has 2 atom stereocenters. The summed E-state index contributed by atoms with van der Waals surface area (Å²) < 4.78 is 37.8. The molecule has 0 radical (unpaired) electrons. The van der Waals surface area contributed by atoms with Gasteiger partial charge in [0.05, 0.1) is 16.1 Å². The molecule has 146 valence electrons. The third kappa shape index (κ3) is 3.24.